The molecule has 14 heteroatoms. The molecule has 1 unspecified atom stereocenters. The summed E-state index contributed by atoms with van der Waals surface area (Å²) in [6, 6.07) is 0.754. The van der Waals surface area contributed by atoms with E-state index >= 15 is 0 Å². The summed E-state index contributed by atoms with van der Waals surface area (Å²) in [6.07, 6.45) is -10.8. The Hall–Kier alpha value is -2.82. The minimum Gasteiger partial charge on any atom is -0.323 e. The Balaban J connectivity index is 2.53. The van der Waals surface area contributed by atoms with Crippen molar-refractivity contribution in [1.29, 1.82) is 0 Å². The van der Waals surface area contributed by atoms with Crippen molar-refractivity contribution in [1.82, 2.24) is 5.43 Å². The lowest BCUT2D eigenvalue weighted by atomic mass is 9.95. The van der Waals surface area contributed by atoms with Gasteiger partial charge in [0, 0.05) is 6.42 Å². The lowest BCUT2D eigenvalue weighted by Crippen LogP contribution is -2.48. The van der Waals surface area contributed by atoms with Crippen molar-refractivity contribution in [2.75, 3.05) is 11.1 Å². The summed E-state index contributed by atoms with van der Waals surface area (Å²) in [5.74, 6) is -1.79. The number of nitrogens with zero attached hydrogens (tertiary/aromatic N) is 2. The van der Waals surface area contributed by atoms with Crippen LogP contribution in [0.3, 0.4) is 0 Å². The topological polar surface area (TPSA) is 92.0 Å². The third kappa shape index (κ3) is 4.50. The Morgan fingerprint density at radius 1 is 1.27 bits per heavy atom. The van der Waals surface area contributed by atoms with E-state index in [1.54, 1.807) is 0 Å². The minimum absolute atomic E-state index is 0.275. The zero-order valence-electron chi connectivity index (χ0n) is 15.4. The Labute approximate surface area is 166 Å². The molecule has 30 heavy (non-hydrogen) atoms. The van der Waals surface area contributed by atoms with Gasteiger partial charge in [-0.2, -0.15) is 31.4 Å². The normalized spacial score (nSPS) is 19.6. The van der Waals surface area contributed by atoms with Gasteiger partial charge in [0.2, 0.25) is 5.69 Å². The fourth-order valence-electron chi connectivity index (χ4n) is 2.56. The van der Waals surface area contributed by atoms with Gasteiger partial charge in [0.25, 0.3) is 5.91 Å². The summed E-state index contributed by atoms with van der Waals surface area (Å²) >= 11 is 0. The Bertz CT molecular complexity index is 1060. The molecule has 2 N–H and O–H groups in total. The molecule has 0 aliphatic carbocycles. The van der Waals surface area contributed by atoms with E-state index in [1.807, 2.05) is 10.7 Å². The number of anilines is 1. The summed E-state index contributed by atoms with van der Waals surface area (Å²) < 4.78 is 103. The molecule has 1 aliphatic heterocycles. The summed E-state index contributed by atoms with van der Waals surface area (Å²) in [4.78, 5) is 14.5. The van der Waals surface area contributed by atoms with Gasteiger partial charge in [-0.15, -0.1) is 0 Å². The molecule has 1 amide bonds. The number of hydrogen-bond acceptors (Lipinski definition) is 5. The fourth-order valence-corrected chi connectivity index (χ4v) is 3.61. The Morgan fingerprint density at radius 2 is 1.87 bits per heavy atom. The number of halogens is 6. The molecule has 0 saturated heterocycles. The van der Waals surface area contributed by atoms with Crippen LogP contribution in [0, 0.1) is 6.57 Å². The molecule has 1 aromatic carbocycles. The number of hydrazone groups is 1. The average molecular weight is 456 g/mol. The number of nitrogens with one attached hydrogen (secondary N) is 2. The van der Waals surface area contributed by atoms with E-state index in [-0.39, 0.29) is 6.07 Å². The zero-order valence-corrected chi connectivity index (χ0v) is 16.2. The molecule has 0 aromatic heterocycles. The first-order chi connectivity index (χ1) is 13.5. The minimum atomic E-state index is -5.05. The number of carbonyl (C=O) groups excluding carboxylic acids is 1. The number of rotatable bonds is 4. The van der Waals surface area contributed by atoms with Crippen LogP contribution in [0.1, 0.15) is 25.8 Å². The van der Waals surface area contributed by atoms with Gasteiger partial charge in [-0.25, -0.2) is 13.3 Å². The van der Waals surface area contributed by atoms with Gasteiger partial charge in [0.05, 0.1) is 28.5 Å². The van der Waals surface area contributed by atoms with Crippen LogP contribution in [0.25, 0.3) is 4.85 Å². The van der Waals surface area contributed by atoms with Crippen molar-refractivity contribution in [3.05, 3.63) is 29.1 Å². The summed E-state index contributed by atoms with van der Waals surface area (Å²) in [6.45, 7) is 9.11. The van der Waals surface area contributed by atoms with Crippen LogP contribution in [0.15, 0.2) is 22.1 Å². The maximum Gasteiger partial charge on any atom is 0.431 e. The highest BCUT2D eigenvalue weighted by molar-refractivity contribution is 7.91. The van der Waals surface area contributed by atoms with Crippen LogP contribution in [0.4, 0.5) is 37.7 Å². The van der Waals surface area contributed by atoms with Crippen LogP contribution in [0.5, 0.6) is 0 Å². The third-order valence-corrected chi connectivity index (χ3v) is 6.04. The molecule has 0 radical (unpaired) electrons. The highest BCUT2D eigenvalue weighted by Gasteiger charge is 2.48. The van der Waals surface area contributed by atoms with Crippen molar-refractivity contribution >= 4 is 32.8 Å². The highest BCUT2D eigenvalue weighted by atomic mass is 32.2. The molecule has 1 heterocycles. The van der Waals surface area contributed by atoms with Crippen LogP contribution in [0.2, 0.25) is 0 Å². The molecule has 0 fully saturated rings. The maximum atomic E-state index is 13.3. The number of benzene rings is 1. The van der Waals surface area contributed by atoms with Crippen LogP contribution >= 0.6 is 0 Å². The van der Waals surface area contributed by atoms with Crippen LogP contribution in [-0.4, -0.2) is 37.5 Å². The van der Waals surface area contributed by atoms with Gasteiger partial charge in [-0.05, 0) is 19.1 Å². The third-order valence-electron chi connectivity index (χ3n) is 4.27. The molecule has 0 spiro atoms. The SMILES string of the molecule is [C-]#[N+]c1cc(S(=O)(=O)CC)c(NC(=O)C2(C)CC(C(F)(F)F)=NN2)cc1C(F)(F)F. The molecule has 1 atom stereocenters. The Morgan fingerprint density at radius 3 is 2.30 bits per heavy atom. The van der Waals surface area contributed by atoms with Gasteiger partial charge < -0.3 is 5.32 Å². The first-order valence-electron chi connectivity index (χ1n) is 8.13. The van der Waals surface area contributed by atoms with E-state index in [0.717, 1.165) is 6.92 Å². The number of amides is 1. The smallest absolute Gasteiger partial charge is 0.323 e. The maximum absolute atomic E-state index is 13.3. The molecule has 2 rings (SSSR count). The lowest BCUT2D eigenvalue weighted by molar-refractivity contribution is -0.137. The van der Waals surface area contributed by atoms with Crippen molar-refractivity contribution in [3.63, 3.8) is 0 Å². The summed E-state index contributed by atoms with van der Waals surface area (Å²) in [5, 5.41) is 4.98. The monoisotopic (exact) mass is 456 g/mol. The average Bonchev–Trinajstić information content (AvgIpc) is 3.04. The Kier molecular flexibility index (Phi) is 5.83. The van der Waals surface area contributed by atoms with E-state index in [0.29, 0.717) is 6.07 Å². The first kappa shape index (κ1) is 23.5. The number of carbonyl (C=O) groups is 1. The van der Waals surface area contributed by atoms with Gasteiger partial charge >= 0.3 is 12.4 Å². The second-order valence-corrected chi connectivity index (χ2v) is 8.76. The van der Waals surface area contributed by atoms with E-state index in [2.05, 4.69) is 9.95 Å². The summed E-state index contributed by atoms with van der Waals surface area (Å²) in [7, 11) is -4.20. The summed E-state index contributed by atoms with van der Waals surface area (Å²) in [5.41, 5.74) is -4.61. The number of hydrogen-bond donors (Lipinski definition) is 2. The number of sulfone groups is 1. The van der Waals surface area contributed by atoms with Crippen molar-refractivity contribution in [3.8, 4) is 0 Å². The van der Waals surface area contributed by atoms with Gasteiger partial charge in [0.15, 0.2) is 9.84 Å². The predicted molar refractivity (Wildman–Crippen MR) is 93.7 cm³/mol. The van der Waals surface area contributed by atoms with Crippen molar-refractivity contribution in [2.45, 2.75) is 43.1 Å². The fraction of sp³-hybridized carbons (Fsp3) is 0.438. The predicted octanol–water partition coefficient (Wildman–Crippen LogP) is 3.66. The van der Waals surface area contributed by atoms with E-state index in [4.69, 9.17) is 6.57 Å². The van der Waals surface area contributed by atoms with Crippen LogP contribution < -0.4 is 10.7 Å². The van der Waals surface area contributed by atoms with Crippen LogP contribution in [-0.2, 0) is 20.8 Å². The molecule has 0 saturated carbocycles. The number of alkyl halides is 6. The van der Waals surface area contributed by atoms with Crippen molar-refractivity contribution < 1.29 is 39.6 Å². The van der Waals surface area contributed by atoms with Gasteiger partial charge in [-0.1, -0.05) is 6.92 Å². The van der Waals surface area contributed by atoms with Gasteiger partial charge in [0.1, 0.15) is 11.3 Å². The standard InChI is InChI=1S/C16H14F6N4O3S/c1-4-30(28,29)11-6-9(23-3)8(15(17,18)19)5-10(11)24-13(27)14(2)7-12(25-26-14)16(20,21)22/h5-6,26H,4,7H2,1-2H3,(H,24,27). The molecule has 1 aliphatic rings. The lowest BCUT2D eigenvalue weighted by Gasteiger charge is -2.24. The molecule has 164 valence electrons. The second-order valence-electron chi connectivity index (χ2n) is 6.51. The first-order valence-corrected chi connectivity index (χ1v) is 9.78. The van der Waals surface area contributed by atoms with E-state index in [9.17, 15) is 39.6 Å². The van der Waals surface area contributed by atoms with Crippen molar-refractivity contribution in [2.24, 2.45) is 5.10 Å². The molecule has 1 aromatic rings. The molecule has 7 nitrogen and oxygen atoms in total. The zero-order chi connectivity index (χ0) is 23.1. The molecule has 0 bridgehead atoms. The highest BCUT2D eigenvalue weighted by Crippen LogP contribution is 2.41. The van der Waals surface area contributed by atoms with Gasteiger partial charge in [-0.3, -0.25) is 10.2 Å². The van der Waals surface area contributed by atoms with E-state index < -0.39 is 73.4 Å². The van der Waals surface area contributed by atoms with E-state index in [1.165, 1.54) is 6.92 Å². The quantitative estimate of drug-likeness (QED) is 0.535. The largest absolute Gasteiger partial charge is 0.431 e. The molecular formula is C16H14F6N4O3S. The molecular weight excluding hydrogens is 442 g/mol. The second kappa shape index (κ2) is 7.46.